The molecule has 0 unspecified atom stereocenters. The smallest absolute Gasteiger partial charge is 0.253 e. The molecular formula is C24H28N4O3. The molecule has 0 saturated heterocycles. The number of nitrogens with one attached hydrogen (secondary N) is 1. The Morgan fingerprint density at radius 3 is 3.00 bits per heavy atom. The Bertz CT molecular complexity index is 1110. The Kier molecular flexibility index (Phi) is 6.30. The number of nitrogens with zero attached hydrogens (tertiary/aromatic N) is 3. The molecule has 7 nitrogen and oxygen atoms in total. The molecule has 0 aliphatic carbocycles. The standard InChI is InChI=1S/C24H28N4O3/c1-16-14-22(29)27-20-8-3-7-19(23(20)26-16)24(30)25-11-5-13-28-12-4-6-17-9-10-18(31-2)15-21(17)28/h3,7-10,15-16H,4-6,11-14H2,1-2H3,(H,25,30)/t16-/m1/s1. The third-order valence-electron chi connectivity index (χ3n) is 5.72. The number of rotatable bonds is 6. The number of aryl methyl sites for hydroxylation is 1. The van der Waals surface area contributed by atoms with Crippen molar-refractivity contribution >= 4 is 17.5 Å². The number of fused-ring (bicyclic) bond motifs is 2. The number of amides is 2. The van der Waals surface area contributed by atoms with Gasteiger partial charge in [-0.05, 0) is 49.9 Å². The molecule has 1 N–H and O–H groups in total. The molecule has 2 amide bonds. The van der Waals surface area contributed by atoms with Gasteiger partial charge in [0.05, 0.1) is 35.9 Å². The predicted molar refractivity (Wildman–Crippen MR) is 118 cm³/mol. The fourth-order valence-corrected chi connectivity index (χ4v) is 4.20. The maximum Gasteiger partial charge on any atom is 0.253 e. The van der Waals surface area contributed by atoms with Crippen LogP contribution < -0.4 is 25.7 Å². The number of methoxy groups -OCH3 is 1. The summed E-state index contributed by atoms with van der Waals surface area (Å²) < 4.78 is 5.38. The first kappa shape index (κ1) is 21.0. The van der Waals surface area contributed by atoms with E-state index in [0.717, 1.165) is 38.1 Å². The number of carbonyl (C=O) groups is 2. The molecule has 1 atom stereocenters. The maximum absolute atomic E-state index is 12.8. The van der Waals surface area contributed by atoms with Gasteiger partial charge in [0.2, 0.25) is 5.91 Å². The molecule has 0 spiro atoms. The van der Waals surface area contributed by atoms with Crippen molar-refractivity contribution < 1.29 is 14.3 Å². The SMILES string of the molecule is COc1ccc2c(c1)N(CCCNC(=O)c1cccc3c1=N[C@H](C)CC(=O)N=3)CCC2. The van der Waals surface area contributed by atoms with Gasteiger partial charge < -0.3 is 15.0 Å². The van der Waals surface area contributed by atoms with E-state index < -0.39 is 0 Å². The Labute approximate surface area is 181 Å². The van der Waals surface area contributed by atoms with Gasteiger partial charge in [0, 0.05) is 31.4 Å². The maximum atomic E-state index is 12.8. The number of hydrogen-bond acceptors (Lipinski definition) is 5. The second kappa shape index (κ2) is 9.29. The van der Waals surface area contributed by atoms with E-state index in [-0.39, 0.29) is 24.3 Å². The molecule has 2 aliphatic heterocycles. The summed E-state index contributed by atoms with van der Waals surface area (Å²) in [6, 6.07) is 11.3. The van der Waals surface area contributed by atoms with Gasteiger partial charge in [-0.2, -0.15) is 0 Å². The van der Waals surface area contributed by atoms with Crippen LogP contribution in [0.4, 0.5) is 5.69 Å². The topological polar surface area (TPSA) is 83.4 Å². The van der Waals surface area contributed by atoms with Crippen molar-refractivity contribution in [2.24, 2.45) is 9.98 Å². The lowest BCUT2D eigenvalue weighted by molar-refractivity contribution is -0.118. The highest BCUT2D eigenvalue weighted by Gasteiger charge is 2.18. The highest BCUT2D eigenvalue weighted by atomic mass is 16.5. The summed E-state index contributed by atoms with van der Waals surface area (Å²) in [5.74, 6) is 0.481. The second-order valence-electron chi connectivity index (χ2n) is 8.06. The lowest BCUT2D eigenvalue weighted by atomic mass is 10.0. The van der Waals surface area contributed by atoms with Crippen LogP contribution in [0, 0.1) is 0 Å². The molecule has 0 bridgehead atoms. The van der Waals surface area contributed by atoms with Crippen LogP contribution in [0.1, 0.15) is 42.1 Å². The summed E-state index contributed by atoms with van der Waals surface area (Å²) in [6.45, 7) is 4.29. The minimum atomic E-state index is -0.203. The predicted octanol–water partition coefficient (Wildman–Crippen LogP) is 1.83. The third kappa shape index (κ3) is 4.76. The minimum Gasteiger partial charge on any atom is -0.497 e. The summed E-state index contributed by atoms with van der Waals surface area (Å²) in [4.78, 5) is 35.7. The summed E-state index contributed by atoms with van der Waals surface area (Å²) in [5, 5.41) is 3.99. The molecule has 7 heteroatoms. The number of carbonyl (C=O) groups excluding carboxylic acids is 2. The van der Waals surface area contributed by atoms with E-state index in [1.165, 1.54) is 11.3 Å². The highest BCUT2D eigenvalue weighted by Crippen LogP contribution is 2.30. The van der Waals surface area contributed by atoms with Crippen molar-refractivity contribution in [2.45, 2.75) is 38.6 Å². The molecule has 0 radical (unpaired) electrons. The lowest BCUT2D eigenvalue weighted by Gasteiger charge is -2.31. The van der Waals surface area contributed by atoms with Crippen molar-refractivity contribution in [1.82, 2.24) is 5.32 Å². The van der Waals surface area contributed by atoms with E-state index in [1.807, 2.05) is 13.0 Å². The van der Waals surface area contributed by atoms with E-state index in [1.54, 1.807) is 25.3 Å². The van der Waals surface area contributed by atoms with Crippen molar-refractivity contribution in [3.05, 3.63) is 58.2 Å². The van der Waals surface area contributed by atoms with E-state index in [9.17, 15) is 9.59 Å². The summed E-state index contributed by atoms with van der Waals surface area (Å²) in [6.07, 6.45) is 3.30. The Morgan fingerprint density at radius 2 is 2.16 bits per heavy atom. The fourth-order valence-electron chi connectivity index (χ4n) is 4.20. The van der Waals surface area contributed by atoms with Crippen molar-refractivity contribution in [3.8, 4) is 5.75 Å². The molecular weight excluding hydrogens is 392 g/mol. The summed E-state index contributed by atoms with van der Waals surface area (Å²) >= 11 is 0. The van der Waals surface area contributed by atoms with Gasteiger partial charge in [-0.25, -0.2) is 4.99 Å². The van der Waals surface area contributed by atoms with Crippen molar-refractivity contribution in [1.29, 1.82) is 0 Å². The minimum absolute atomic E-state index is 0.182. The number of ether oxygens (including phenoxy) is 1. The number of hydrogen-bond donors (Lipinski definition) is 1. The van der Waals surface area contributed by atoms with Crippen LogP contribution >= 0.6 is 0 Å². The fraction of sp³-hybridized carbons (Fsp3) is 0.417. The number of benzene rings is 2. The van der Waals surface area contributed by atoms with Gasteiger partial charge in [0.25, 0.3) is 5.91 Å². The zero-order chi connectivity index (χ0) is 21.8. The van der Waals surface area contributed by atoms with Crippen LogP contribution in [-0.2, 0) is 11.2 Å². The highest BCUT2D eigenvalue weighted by molar-refractivity contribution is 5.94. The van der Waals surface area contributed by atoms with Gasteiger partial charge in [-0.3, -0.25) is 14.6 Å². The summed E-state index contributed by atoms with van der Waals surface area (Å²) in [5.41, 5.74) is 3.04. The Balaban J connectivity index is 1.40. The van der Waals surface area contributed by atoms with E-state index in [4.69, 9.17) is 4.74 Å². The van der Waals surface area contributed by atoms with Crippen molar-refractivity contribution in [3.63, 3.8) is 0 Å². The van der Waals surface area contributed by atoms with Crippen LogP contribution in [0.15, 0.2) is 46.4 Å². The first-order valence-corrected chi connectivity index (χ1v) is 10.8. The van der Waals surface area contributed by atoms with Crippen molar-refractivity contribution in [2.75, 3.05) is 31.6 Å². The van der Waals surface area contributed by atoms with E-state index in [2.05, 4.69) is 32.3 Å². The molecule has 0 aromatic heterocycles. The largest absolute Gasteiger partial charge is 0.497 e. The van der Waals surface area contributed by atoms with Crippen LogP contribution in [0.5, 0.6) is 5.75 Å². The second-order valence-corrected chi connectivity index (χ2v) is 8.06. The molecule has 2 heterocycles. The van der Waals surface area contributed by atoms with E-state index in [0.29, 0.717) is 22.8 Å². The molecule has 2 aromatic rings. The first-order chi connectivity index (χ1) is 15.0. The third-order valence-corrected chi connectivity index (χ3v) is 5.72. The number of para-hydroxylation sites is 1. The van der Waals surface area contributed by atoms with Gasteiger partial charge in [0.15, 0.2) is 0 Å². The molecule has 2 aliphatic rings. The van der Waals surface area contributed by atoms with Crippen LogP contribution in [0.25, 0.3) is 0 Å². The monoisotopic (exact) mass is 420 g/mol. The Morgan fingerprint density at radius 1 is 1.29 bits per heavy atom. The van der Waals surface area contributed by atoms with Gasteiger partial charge in [0.1, 0.15) is 5.75 Å². The van der Waals surface area contributed by atoms with Crippen LogP contribution in [-0.4, -0.2) is 44.6 Å². The molecule has 162 valence electrons. The van der Waals surface area contributed by atoms with Crippen LogP contribution in [0.2, 0.25) is 0 Å². The first-order valence-electron chi connectivity index (χ1n) is 10.8. The molecule has 4 rings (SSSR count). The average Bonchev–Trinajstić information content (AvgIpc) is 2.92. The average molecular weight is 421 g/mol. The van der Waals surface area contributed by atoms with Gasteiger partial charge in [-0.15, -0.1) is 0 Å². The molecule has 2 aromatic carbocycles. The summed E-state index contributed by atoms with van der Waals surface area (Å²) in [7, 11) is 1.69. The lowest BCUT2D eigenvalue weighted by Crippen LogP contribution is -2.38. The number of anilines is 1. The molecule has 0 saturated carbocycles. The van der Waals surface area contributed by atoms with Gasteiger partial charge >= 0.3 is 0 Å². The van der Waals surface area contributed by atoms with E-state index >= 15 is 0 Å². The normalized spacial score (nSPS) is 17.5. The quantitative estimate of drug-likeness (QED) is 0.723. The van der Waals surface area contributed by atoms with Crippen LogP contribution in [0.3, 0.4) is 0 Å². The molecule has 31 heavy (non-hydrogen) atoms. The Hall–Kier alpha value is -3.22. The zero-order valence-corrected chi connectivity index (χ0v) is 18.1. The molecule has 0 fully saturated rings. The van der Waals surface area contributed by atoms with Gasteiger partial charge in [-0.1, -0.05) is 12.1 Å². The zero-order valence-electron chi connectivity index (χ0n) is 18.1.